The summed E-state index contributed by atoms with van der Waals surface area (Å²) in [5, 5.41) is 3.48. The summed E-state index contributed by atoms with van der Waals surface area (Å²) in [5.41, 5.74) is 10.6. The minimum Gasteiger partial charge on any atom is -0.389 e. The van der Waals surface area contributed by atoms with E-state index in [1.165, 1.54) is 11.1 Å². The summed E-state index contributed by atoms with van der Waals surface area (Å²) < 4.78 is 0.934. The Morgan fingerprint density at radius 2 is 2.05 bits per heavy atom. The maximum atomic E-state index is 5.81. The van der Waals surface area contributed by atoms with Crippen molar-refractivity contribution in [2.24, 2.45) is 5.73 Å². The molecule has 0 heterocycles. The molecule has 3 N–H and O–H groups in total. The van der Waals surface area contributed by atoms with Gasteiger partial charge in [-0.15, -0.1) is 0 Å². The molecule has 0 fully saturated rings. The first-order valence-corrected chi connectivity index (χ1v) is 7.77. The standard InChI is InChI=1S/C16H15BrN2S/c17-13-6-3-7-14(15(13)16(18)20)19-9-11-8-10-4-1-2-5-12(10)11/h1-7,11,19H,8-9H2,(H2,18,20). The average molecular weight is 347 g/mol. The molecule has 2 aromatic rings. The number of hydrogen-bond donors (Lipinski definition) is 2. The van der Waals surface area contributed by atoms with E-state index in [0.717, 1.165) is 28.7 Å². The molecule has 2 aromatic carbocycles. The maximum absolute atomic E-state index is 5.81. The number of rotatable bonds is 4. The number of benzene rings is 2. The molecule has 2 nitrogen and oxygen atoms in total. The SMILES string of the molecule is NC(=S)c1c(Br)cccc1NCC1Cc2ccccc21. The molecule has 0 saturated heterocycles. The smallest absolute Gasteiger partial charge is 0.107 e. The Bertz CT molecular complexity index is 669. The quantitative estimate of drug-likeness (QED) is 0.826. The van der Waals surface area contributed by atoms with Crippen LogP contribution in [0.5, 0.6) is 0 Å². The molecule has 1 aliphatic rings. The molecule has 102 valence electrons. The van der Waals surface area contributed by atoms with E-state index in [9.17, 15) is 0 Å². The second kappa shape index (κ2) is 5.54. The van der Waals surface area contributed by atoms with E-state index in [-0.39, 0.29) is 0 Å². The fraction of sp³-hybridized carbons (Fsp3) is 0.188. The highest BCUT2D eigenvalue weighted by molar-refractivity contribution is 9.10. The van der Waals surface area contributed by atoms with Crippen LogP contribution in [0, 0.1) is 0 Å². The molecule has 0 aliphatic heterocycles. The zero-order valence-corrected chi connectivity index (χ0v) is 13.3. The predicted octanol–water partition coefficient (Wildman–Crippen LogP) is 3.84. The van der Waals surface area contributed by atoms with Gasteiger partial charge >= 0.3 is 0 Å². The molecule has 1 unspecified atom stereocenters. The van der Waals surface area contributed by atoms with Gasteiger partial charge in [-0.25, -0.2) is 0 Å². The highest BCUT2D eigenvalue weighted by atomic mass is 79.9. The maximum Gasteiger partial charge on any atom is 0.107 e. The molecular formula is C16H15BrN2S. The number of halogens is 1. The van der Waals surface area contributed by atoms with Gasteiger partial charge in [0.1, 0.15) is 4.99 Å². The summed E-state index contributed by atoms with van der Waals surface area (Å²) in [6.07, 6.45) is 1.14. The predicted molar refractivity (Wildman–Crippen MR) is 91.4 cm³/mol. The Morgan fingerprint density at radius 3 is 2.80 bits per heavy atom. The first-order chi connectivity index (χ1) is 9.66. The Hall–Kier alpha value is -1.39. The van der Waals surface area contributed by atoms with Crippen LogP contribution in [-0.4, -0.2) is 11.5 Å². The summed E-state index contributed by atoms with van der Waals surface area (Å²) in [4.78, 5) is 0.411. The fourth-order valence-electron chi connectivity index (χ4n) is 2.70. The lowest BCUT2D eigenvalue weighted by Gasteiger charge is -2.30. The van der Waals surface area contributed by atoms with Gasteiger partial charge in [0.2, 0.25) is 0 Å². The van der Waals surface area contributed by atoms with Gasteiger partial charge in [-0.2, -0.15) is 0 Å². The lowest BCUT2D eigenvalue weighted by Crippen LogP contribution is -2.25. The Labute approximate surface area is 132 Å². The summed E-state index contributed by atoms with van der Waals surface area (Å²) in [6.45, 7) is 0.906. The molecule has 0 amide bonds. The first kappa shape index (κ1) is 13.6. The number of anilines is 1. The van der Waals surface area contributed by atoms with Gasteiger partial charge in [0, 0.05) is 28.2 Å². The summed E-state index contributed by atoms with van der Waals surface area (Å²) in [6, 6.07) is 14.6. The summed E-state index contributed by atoms with van der Waals surface area (Å²) in [5.74, 6) is 0.573. The Morgan fingerprint density at radius 1 is 1.25 bits per heavy atom. The van der Waals surface area contributed by atoms with Crippen molar-refractivity contribution in [3.63, 3.8) is 0 Å². The van der Waals surface area contributed by atoms with E-state index in [1.807, 2.05) is 18.2 Å². The van der Waals surface area contributed by atoms with Crippen molar-refractivity contribution < 1.29 is 0 Å². The molecule has 0 saturated carbocycles. The van der Waals surface area contributed by atoms with Crippen LogP contribution in [0.3, 0.4) is 0 Å². The largest absolute Gasteiger partial charge is 0.389 e. The number of hydrogen-bond acceptors (Lipinski definition) is 2. The van der Waals surface area contributed by atoms with Gasteiger partial charge in [0.15, 0.2) is 0 Å². The lowest BCUT2D eigenvalue weighted by molar-refractivity contribution is 0.636. The molecule has 1 aliphatic carbocycles. The van der Waals surface area contributed by atoms with Crippen LogP contribution in [0.15, 0.2) is 46.9 Å². The molecule has 0 aromatic heterocycles. The highest BCUT2D eigenvalue weighted by Gasteiger charge is 2.25. The van der Waals surface area contributed by atoms with E-state index in [1.54, 1.807) is 0 Å². The van der Waals surface area contributed by atoms with E-state index < -0.39 is 0 Å². The molecule has 0 bridgehead atoms. The van der Waals surface area contributed by atoms with Crippen molar-refractivity contribution in [2.75, 3.05) is 11.9 Å². The van der Waals surface area contributed by atoms with Crippen LogP contribution < -0.4 is 11.1 Å². The van der Waals surface area contributed by atoms with Crippen LogP contribution in [0.2, 0.25) is 0 Å². The molecule has 4 heteroatoms. The summed E-state index contributed by atoms with van der Waals surface area (Å²) >= 11 is 8.63. The third-order valence-corrected chi connectivity index (χ3v) is 4.63. The lowest BCUT2D eigenvalue weighted by atomic mass is 9.77. The minimum atomic E-state index is 0.411. The van der Waals surface area contributed by atoms with Crippen molar-refractivity contribution in [3.8, 4) is 0 Å². The van der Waals surface area contributed by atoms with E-state index in [4.69, 9.17) is 18.0 Å². The van der Waals surface area contributed by atoms with Crippen LogP contribution in [0.25, 0.3) is 0 Å². The monoisotopic (exact) mass is 346 g/mol. The molecule has 3 rings (SSSR count). The van der Waals surface area contributed by atoms with Crippen molar-refractivity contribution in [1.82, 2.24) is 0 Å². The third-order valence-electron chi connectivity index (χ3n) is 3.76. The van der Waals surface area contributed by atoms with Crippen molar-refractivity contribution in [3.05, 3.63) is 63.6 Å². The van der Waals surface area contributed by atoms with Gasteiger partial charge in [0.25, 0.3) is 0 Å². The van der Waals surface area contributed by atoms with E-state index in [0.29, 0.717) is 10.9 Å². The normalized spacial score (nSPS) is 16.1. The van der Waals surface area contributed by atoms with Crippen LogP contribution in [0.4, 0.5) is 5.69 Å². The molecule has 0 spiro atoms. The summed E-state index contributed by atoms with van der Waals surface area (Å²) in [7, 11) is 0. The Kier molecular flexibility index (Phi) is 3.76. The highest BCUT2D eigenvalue weighted by Crippen LogP contribution is 2.35. The van der Waals surface area contributed by atoms with Gasteiger partial charge in [0.05, 0.1) is 0 Å². The topological polar surface area (TPSA) is 38.0 Å². The van der Waals surface area contributed by atoms with Gasteiger partial charge in [-0.05, 0) is 45.6 Å². The van der Waals surface area contributed by atoms with Gasteiger partial charge in [-0.3, -0.25) is 0 Å². The van der Waals surface area contributed by atoms with Gasteiger partial charge < -0.3 is 11.1 Å². The number of fused-ring (bicyclic) bond motifs is 1. The molecular weight excluding hydrogens is 332 g/mol. The molecule has 0 radical (unpaired) electrons. The third kappa shape index (κ3) is 2.45. The average Bonchev–Trinajstić information content (AvgIpc) is 2.39. The van der Waals surface area contributed by atoms with Crippen molar-refractivity contribution >= 4 is 38.8 Å². The van der Waals surface area contributed by atoms with E-state index in [2.05, 4.69) is 45.5 Å². The van der Waals surface area contributed by atoms with Crippen LogP contribution in [0.1, 0.15) is 22.6 Å². The Balaban J connectivity index is 1.75. The second-order valence-corrected chi connectivity index (χ2v) is 6.30. The number of nitrogens with one attached hydrogen (secondary N) is 1. The van der Waals surface area contributed by atoms with Crippen molar-refractivity contribution in [1.29, 1.82) is 0 Å². The van der Waals surface area contributed by atoms with Crippen LogP contribution >= 0.6 is 28.1 Å². The first-order valence-electron chi connectivity index (χ1n) is 6.57. The minimum absolute atomic E-state index is 0.411. The van der Waals surface area contributed by atoms with Gasteiger partial charge in [-0.1, -0.05) is 42.5 Å². The van der Waals surface area contributed by atoms with E-state index >= 15 is 0 Å². The second-order valence-electron chi connectivity index (χ2n) is 5.01. The zero-order chi connectivity index (χ0) is 14.1. The number of nitrogens with two attached hydrogens (primary N) is 1. The molecule has 1 atom stereocenters. The van der Waals surface area contributed by atoms with Crippen molar-refractivity contribution in [2.45, 2.75) is 12.3 Å². The number of thiocarbonyl (C=S) groups is 1. The molecule has 20 heavy (non-hydrogen) atoms. The zero-order valence-electron chi connectivity index (χ0n) is 10.9. The van der Waals surface area contributed by atoms with Crippen LogP contribution in [-0.2, 0) is 6.42 Å². The fourth-order valence-corrected chi connectivity index (χ4v) is 3.63.